The molecule has 0 spiro atoms. The van der Waals surface area contributed by atoms with Gasteiger partial charge in [0.15, 0.2) is 5.96 Å². The Kier molecular flexibility index (Phi) is 6.16. The lowest BCUT2D eigenvalue weighted by Crippen LogP contribution is -2.47. The molecule has 1 amide bonds. The molecule has 1 unspecified atom stereocenters. The molecule has 2 rings (SSSR count). The van der Waals surface area contributed by atoms with Gasteiger partial charge in [-0.1, -0.05) is 39.0 Å². The number of fused-ring (bicyclic) bond motifs is 1. The van der Waals surface area contributed by atoms with Crippen molar-refractivity contribution in [3.8, 4) is 5.75 Å². The Labute approximate surface area is 156 Å². The summed E-state index contributed by atoms with van der Waals surface area (Å²) < 4.78 is 6.07. The van der Waals surface area contributed by atoms with Gasteiger partial charge in [-0.2, -0.15) is 0 Å². The van der Waals surface area contributed by atoms with Crippen molar-refractivity contribution in [2.75, 3.05) is 20.1 Å². The number of carbonyl (C=O) groups is 1. The van der Waals surface area contributed by atoms with E-state index in [-0.39, 0.29) is 23.0 Å². The molecule has 0 fully saturated rings. The summed E-state index contributed by atoms with van der Waals surface area (Å²) in [5, 5.41) is 9.68. The lowest BCUT2D eigenvalue weighted by molar-refractivity contribution is -0.128. The van der Waals surface area contributed by atoms with E-state index in [2.05, 4.69) is 40.9 Å². The Morgan fingerprint density at radius 2 is 1.88 bits per heavy atom. The van der Waals surface area contributed by atoms with Crippen molar-refractivity contribution < 1.29 is 9.53 Å². The van der Waals surface area contributed by atoms with Crippen molar-refractivity contribution in [1.29, 1.82) is 0 Å². The molecule has 26 heavy (non-hydrogen) atoms. The van der Waals surface area contributed by atoms with Gasteiger partial charge in [0.2, 0.25) is 5.91 Å². The van der Waals surface area contributed by atoms with Gasteiger partial charge < -0.3 is 20.7 Å². The summed E-state index contributed by atoms with van der Waals surface area (Å²) in [6, 6.07) is 8.21. The van der Waals surface area contributed by atoms with Crippen molar-refractivity contribution in [3.63, 3.8) is 0 Å². The number of nitrogens with zero attached hydrogens (tertiary/aromatic N) is 1. The second kappa shape index (κ2) is 7.98. The van der Waals surface area contributed by atoms with E-state index < -0.39 is 0 Å². The molecule has 0 bridgehead atoms. The Bertz CT molecular complexity index is 662. The lowest BCUT2D eigenvalue weighted by atomic mass is 9.90. The first-order valence-corrected chi connectivity index (χ1v) is 9.16. The van der Waals surface area contributed by atoms with E-state index in [1.165, 1.54) is 0 Å². The van der Waals surface area contributed by atoms with E-state index in [1.54, 1.807) is 7.05 Å². The second-order valence-electron chi connectivity index (χ2n) is 8.31. The third kappa shape index (κ3) is 5.38. The van der Waals surface area contributed by atoms with Crippen molar-refractivity contribution in [2.45, 2.75) is 52.7 Å². The molecule has 1 aliphatic rings. The van der Waals surface area contributed by atoms with Crippen LogP contribution in [0.1, 0.15) is 52.6 Å². The summed E-state index contributed by atoms with van der Waals surface area (Å²) in [5.41, 5.74) is 0.513. The van der Waals surface area contributed by atoms with Gasteiger partial charge in [0.25, 0.3) is 0 Å². The predicted octanol–water partition coefficient (Wildman–Crippen LogP) is 2.62. The highest BCUT2D eigenvalue weighted by Crippen LogP contribution is 2.39. The molecule has 1 aromatic rings. The zero-order valence-corrected chi connectivity index (χ0v) is 16.8. The fourth-order valence-corrected chi connectivity index (χ4v) is 2.91. The number of aliphatic imine (C=N–C) groups is 1. The topological polar surface area (TPSA) is 74.8 Å². The molecule has 0 radical (unpaired) electrons. The molecule has 1 aromatic carbocycles. The number of carbonyl (C=O) groups excluding carboxylic acids is 1. The number of hydrogen-bond acceptors (Lipinski definition) is 3. The first-order valence-electron chi connectivity index (χ1n) is 9.16. The molecule has 6 nitrogen and oxygen atoms in total. The van der Waals surface area contributed by atoms with E-state index in [4.69, 9.17) is 4.74 Å². The zero-order chi connectivity index (χ0) is 19.4. The number of amides is 1. The van der Waals surface area contributed by atoms with Crippen molar-refractivity contribution >= 4 is 11.9 Å². The predicted molar refractivity (Wildman–Crippen MR) is 105 cm³/mol. The summed E-state index contributed by atoms with van der Waals surface area (Å²) >= 11 is 0. The molecule has 0 saturated heterocycles. The maximum absolute atomic E-state index is 11.9. The SMILES string of the molecule is CN=C(NCCNC(=O)C(C)(C)C)NC1CC(C)(C)Oc2ccccc21. The van der Waals surface area contributed by atoms with E-state index >= 15 is 0 Å². The normalized spacial score (nSPS) is 19.2. The fraction of sp³-hybridized carbons (Fsp3) is 0.600. The second-order valence-corrected chi connectivity index (χ2v) is 8.31. The highest BCUT2D eigenvalue weighted by Gasteiger charge is 2.33. The summed E-state index contributed by atoms with van der Waals surface area (Å²) in [6.45, 7) is 11.1. The minimum absolute atomic E-state index is 0.0438. The molecule has 6 heteroatoms. The number of hydrogen-bond donors (Lipinski definition) is 3. The molecule has 3 N–H and O–H groups in total. The van der Waals surface area contributed by atoms with Gasteiger partial charge in [-0.3, -0.25) is 9.79 Å². The number of benzene rings is 1. The quantitative estimate of drug-likeness (QED) is 0.438. The number of ether oxygens (including phenoxy) is 1. The van der Waals surface area contributed by atoms with Gasteiger partial charge in [-0.25, -0.2) is 0 Å². The van der Waals surface area contributed by atoms with Crippen LogP contribution in [-0.4, -0.2) is 37.6 Å². The van der Waals surface area contributed by atoms with Gasteiger partial charge in [0.1, 0.15) is 11.4 Å². The summed E-state index contributed by atoms with van der Waals surface area (Å²) in [6.07, 6.45) is 0.839. The summed E-state index contributed by atoms with van der Waals surface area (Å²) in [7, 11) is 1.75. The largest absolute Gasteiger partial charge is 0.487 e. The van der Waals surface area contributed by atoms with Crippen LogP contribution in [0.15, 0.2) is 29.3 Å². The summed E-state index contributed by atoms with van der Waals surface area (Å²) in [5.74, 6) is 1.67. The maximum Gasteiger partial charge on any atom is 0.225 e. The minimum atomic E-state index is -0.378. The standard InChI is InChI=1S/C20H32N4O2/c1-19(2,3)17(25)22-11-12-23-18(21-6)24-15-13-20(4,5)26-16-10-8-7-9-14(15)16/h7-10,15H,11-13H2,1-6H3,(H,22,25)(H2,21,23,24). The third-order valence-corrected chi connectivity index (χ3v) is 4.30. The highest BCUT2D eigenvalue weighted by molar-refractivity contribution is 5.82. The Morgan fingerprint density at radius 1 is 1.23 bits per heavy atom. The molecule has 144 valence electrons. The van der Waals surface area contributed by atoms with Crippen LogP contribution in [0.3, 0.4) is 0 Å². The van der Waals surface area contributed by atoms with Gasteiger partial charge in [-0.05, 0) is 19.9 Å². The summed E-state index contributed by atoms with van der Waals surface area (Å²) in [4.78, 5) is 16.2. The number of rotatable bonds is 4. The zero-order valence-electron chi connectivity index (χ0n) is 16.8. The average Bonchev–Trinajstić information content (AvgIpc) is 2.55. The van der Waals surface area contributed by atoms with Crippen LogP contribution in [0.5, 0.6) is 5.75 Å². The van der Waals surface area contributed by atoms with Crippen LogP contribution in [0.2, 0.25) is 0 Å². The lowest BCUT2D eigenvalue weighted by Gasteiger charge is -2.38. The van der Waals surface area contributed by atoms with E-state index in [9.17, 15) is 4.79 Å². The van der Waals surface area contributed by atoms with Gasteiger partial charge in [0, 0.05) is 37.5 Å². The molecular formula is C20H32N4O2. The van der Waals surface area contributed by atoms with Crippen LogP contribution in [0, 0.1) is 5.41 Å². The van der Waals surface area contributed by atoms with Crippen molar-refractivity contribution in [1.82, 2.24) is 16.0 Å². The Hall–Kier alpha value is -2.24. The Balaban J connectivity index is 1.93. The fourth-order valence-electron chi connectivity index (χ4n) is 2.91. The smallest absolute Gasteiger partial charge is 0.225 e. The first-order chi connectivity index (χ1) is 12.1. The molecule has 0 saturated carbocycles. The van der Waals surface area contributed by atoms with Gasteiger partial charge in [-0.15, -0.1) is 0 Å². The first kappa shape index (κ1) is 20.1. The minimum Gasteiger partial charge on any atom is -0.487 e. The Morgan fingerprint density at radius 3 is 2.54 bits per heavy atom. The van der Waals surface area contributed by atoms with E-state index in [1.807, 2.05) is 39.0 Å². The van der Waals surface area contributed by atoms with Crippen LogP contribution in [0.25, 0.3) is 0 Å². The molecule has 1 atom stereocenters. The number of guanidine groups is 1. The highest BCUT2D eigenvalue weighted by atomic mass is 16.5. The molecule has 1 aliphatic heterocycles. The number of nitrogens with one attached hydrogen (secondary N) is 3. The van der Waals surface area contributed by atoms with Crippen LogP contribution >= 0.6 is 0 Å². The average molecular weight is 361 g/mol. The van der Waals surface area contributed by atoms with Crippen LogP contribution < -0.4 is 20.7 Å². The third-order valence-electron chi connectivity index (χ3n) is 4.30. The van der Waals surface area contributed by atoms with Crippen molar-refractivity contribution in [3.05, 3.63) is 29.8 Å². The van der Waals surface area contributed by atoms with Gasteiger partial charge in [0.05, 0.1) is 6.04 Å². The van der Waals surface area contributed by atoms with Crippen molar-refractivity contribution in [2.24, 2.45) is 10.4 Å². The molecule has 0 aliphatic carbocycles. The maximum atomic E-state index is 11.9. The van der Waals surface area contributed by atoms with E-state index in [0.29, 0.717) is 19.0 Å². The molecule has 1 heterocycles. The number of para-hydroxylation sites is 1. The molecule has 0 aromatic heterocycles. The van der Waals surface area contributed by atoms with Crippen LogP contribution in [-0.2, 0) is 4.79 Å². The van der Waals surface area contributed by atoms with E-state index in [0.717, 1.165) is 17.7 Å². The van der Waals surface area contributed by atoms with Gasteiger partial charge >= 0.3 is 0 Å². The molecular weight excluding hydrogens is 328 g/mol. The monoisotopic (exact) mass is 360 g/mol. The van der Waals surface area contributed by atoms with Crippen LogP contribution in [0.4, 0.5) is 0 Å².